The van der Waals surface area contributed by atoms with Crippen LogP contribution in [0.5, 0.6) is 5.75 Å². The SMILES string of the molecule is COc1cc(Nc2ncnc3c(C)cccc23)ccc1F. The summed E-state index contributed by atoms with van der Waals surface area (Å²) in [5.41, 5.74) is 2.67. The van der Waals surface area contributed by atoms with Crippen molar-refractivity contribution in [3.63, 3.8) is 0 Å². The number of para-hydroxylation sites is 1. The van der Waals surface area contributed by atoms with Crippen LogP contribution < -0.4 is 10.1 Å². The summed E-state index contributed by atoms with van der Waals surface area (Å²) in [5.74, 6) is 0.471. The fourth-order valence-corrected chi connectivity index (χ4v) is 2.21. The van der Waals surface area contributed by atoms with E-state index >= 15 is 0 Å². The number of methoxy groups -OCH3 is 1. The Morgan fingerprint density at radius 3 is 2.81 bits per heavy atom. The molecule has 3 aromatic rings. The smallest absolute Gasteiger partial charge is 0.165 e. The van der Waals surface area contributed by atoms with Crippen LogP contribution in [0.2, 0.25) is 0 Å². The van der Waals surface area contributed by atoms with Gasteiger partial charge in [-0.3, -0.25) is 0 Å². The third kappa shape index (κ3) is 2.50. The number of fused-ring (bicyclic) bond motifs is 1. The number of aromatic nitrogens is 2. The number of aryl methyl sites for hydroxylation is 1. The van der Waals surface area contributed by atoms with E-state index in [0.717, 1.165) is 16.5 Å². The quantitative estimate of drug-likeness (QED) is 0.793. The van der Waals surface area contributed by atoms with Gasteiger partial charge in [-0.2, -0.15) is 0 Å². The van der Waals surface area contributed by atoms with Crippen LogP contribution in [-0.2, 0) is 0 Å². The van der Waals surface area contributed by atoms with Crippen molar-refractivity contribution >= 4 is 22.4 Å². The van der Waals surface area contributed by atoms with Crippen molar-refractivity contribution in [2.45, 2.75) is 6.92 Å². The zero-order valence-corrected chi connectivity index (χ0v) is 11.7. The van der Waals surface area contributed by atoms with Crippen molar-refractivity contribution in [1.82, 2.24) is 9.97 Å². The molecular formula is C16H14FN3O. The molecule has 1 aromatic heterocycles. The fourth-order valence-electron chi connectivity index (χ4n) is 2.21. The summed E-state index contributed by atoms with van der Waals surface area (Å²) in [4.78, 5) is 8.56. The van der Waals surface area contributed by atoms with Crippen LogP contribution in [0.1, 0.15) is 5.56 Å². The molecule has 21 heavy (non-hydrogen) atoms. The molecule has 3 rings (SSSR count). The molecule has 0 spiro atoms. The zero-order chi connectivity index (χ0) is 14.8. The number of ether oxygens (including phenoxy) is 1. The van der Waals surface area contributed by atoms with Crippen LogP contribution in [0.4, 0.5) is 15.9 Å². The van der Waals surface area contributed by atoms with Gasteiger partial charge in [0.2, 0.25) is 0 Å². The summed E-state index contributed by atoms with van der Waals surface area (Å²) in [6.45, 7) is 2.00. The highest BCUT2D eigenvalue weighted by Gasteiger charge is 2.08. The third-order valence-corrected chi connectivity index (χ3v) is 3.28. The molecular weight excluding hydrogens is 269 g/mol. The summed E-state index contributed by atoms with van der Waals surface area (Å²) >= 11 is 0. The number of rotatable bonds is 3. The number of nitrogens with zero attached hydrogens (tertiary/aromatic N) is 2. The molecule has 1 N–H and O–H groups in total. The van der Waals surface area contributed by atoms with Gasteiger partial charge in [-0.15, -0.1) is 0 Å². The summed E-state index contributed by atoms with van der Waals surface area (Å²) in [5, 5.41) is 4.10. The maximum atomic E-state index is 13.4. The van der Waals surface area contributed by atoms with Gasteiger partial charge in [0.1, 0.15) is 12.1 Å². The lowest BCUT2D eigenvalue weighted by molar-refractivity contribution is 0.387. The summed E-state index contributed by atoms with van der Waals surface area (Å²) < 4.78 is 18.4. The lowest BCUT2D eigenvalue weighted by Gasteiger charge is -2.10. The molecule has 0 atom stereocenters. The van der Waals surface area contributed by atoms with Gasteiger partial charge in [0.05, 0.1) is 12.6 Å². The lowest BCUT2D eigenvalue weighted by Crippen LogP contribution is -1.98. The molecule has 2 aromatic carbocycles. The highest BCUT2D eigenvalue weighted by atomic mass is 19.1. The van der Waals surface area contributed by atoms with E-state index in [4.69, 9.17) is 4.74 Å². The summed E-state index contributed by atoms with van der Waals surface area (Å²) in [7, 11) is 1.44. The first kappa shape index (κ1) is 13.3. The Balaban J connectivity index is 2.04. The zero-order valence-electron chi connectivity index (χ0n) is 11.7. The number of nitrogens with one attached hydrogen (secondary N) is 1. The fraction of sp³-hybridized carbons (Fsp3) is 0.125. The standard InChI is InChI=1S/C16H14FN3O/c1-10-4-3-5-12-15(10)18-9-19-16(12)20-11-6-7-13(17)14(8-11)21-2/h3-9H,1-2H3,(H,18,19,20). The summed E-state index contributed by atoms with van der Waals surface area (Å²) in [6.07, 6.45) is 1.51. The second kappa shape index (κ2) is 5.36. The molecule has 5 heteroatoms. The van der Waals surface area contributed by atoms with Gasteiger partial charge in [0, 0.05) is 17.1 Å². The minimum Gasteiger partial charge on any atom is -0.494 e. The first-order valence-electron chi connectivity index (χ1n) is 6.50. The number of halogens is 1. The Kier molecular flexibility index (Phi) is 3.39. The van der Waals surface area contributed by atoms with Gasteiger partial charge >= 0.3 is 0 Å². The molecule has 0 aliphatic rings. The third-order valence-electron chi connectivity index (χ3n) is 3.28. The van der Waals surface area contributed by atoms with E-state index in [-0.39, 0.29) is 5.75 Å². The molecule has 0 fully saturated rings. The van der Waals surface area contributed by atoms with Crippen LogP contribution in [-0.4, -0.2) is 17.1 Å². The van der Waals surface area contributed by atoms with Crippen LogP contribution in [0.3, 0.4) is 0 Å². The lowest BCUT2D eigenvalue weighted by atomic mass is 10.1. The molecule has 0 aliphatic carbocycles. The molecule has 106 valence electrons. The predicted octanol–water partition coefficient (Wildman–Crippen LogP) is 3.83. The van der Waals surface area contributed by atoms with E-state index < -0.39 is 5.82 Å². The van der Waals surface area contributed by atoms with Gasteiger partial charge in [-0.05, 0) is 30.7 Å². The second-order valence-corrected chi connectivity index (χ2v) is 4.67. The van der Waals surface area contributed by atoms with Crippen LogP contribution in [0, 0.1) is 12.7 Å². The van der Waals surface area contributed by atoms with Crippen LogP contribution in [0.25, 0.3) is 10.9 Å². The molecule has 1 heterocycles. The highest BCUT2D eigenvalue weighted by molar-refractivity contribution is 5.92. The topological polar surface area (TPSA) is 47.0 Å². The first-order valence-corrected chi connectivity index (χ1v) is 6.50. The first-order chi connectivity index (χ1) is 10.2. The number of hydrogen-bond donors (Lipinski definition) is 1. The van der Waals surface area contributed by atoms with Crippen molar-refractivity contribution in [2.75, 3.05) is 12.4 Å². The molecule has 0 saturated heterocycles. The maximum Gasteiger partial charge on any atom is 0.165 e. The van der Waals surface area contributed by atoms with Crippen molar-refractivity contribution in [2.24, 2.45) is 0 Å². The average molecular weight is 283 g/mol. The highest BCUT2D eigenvalue weighted by Crippen LogP contribution is 2.27. The van der Waals surface area contributed by atoms with E-state index in [9.17, 15) is 4.39 Å². The van der Waals surface area contributed by atoms with Crippen LogP contribution in [0.15, 0.2) is 42.7 Å². The van der Waals surface area contributed by atoms with Crippen LogP contribution >= 0.6 is 0 Å². The van der Waals surface area contributed by atoms with Gasteiger partial charge < -0.3 is 10.1 Å². The Bertz CT molecular complexity index is 805. The molecule has 4 nitrogen and oxygen atoms in total. The Hall–Kier alpha value is -2.69. The van der Waals surface area contributed by atoms with E-state index in [1.54, 1.807) is 12.1 Å². The Morgan fingerprint density at radius 1 is 1.14 bits per heavy atom. The molecule has 0 amide bonds. The van der Waals surface area contributed by atoms with Gasteiger partial charge in [0.15, 0.2) is 11.6 Å². The number of hydrogen-bond acceptors (Lipinski definition) is 4. The van der Waals surface area contributed by atoms with Gasteiger partial charge in [-0.25, -0.2) is 14.4 Å². The number of anilines is 2. The molecule has 0 bridgehead atoms. The molecule has 0 saturated carbocycles. The van der Waals surface area contributed by atoms with E-state index in [1.165, 1.54) is 19.5 Å². The van der Waals surface area contributed by atoms with Gasteiger partial charge in [-0.1, -0.05) is 12.1 Å². The Labute approximate surface area is 121 Å². The molecule has 0 aliphatic heterocycles. The van der Waals surface area contributed by atoms with E-state index in [2.05, 4.69) is 15.3 Å². The molecule has 0 unspecified atom stereocenters. The van der Waals surface area contributed by atoms with Gasteiger partial charge in [0.25, 0.3) is 0 Å². The Morgan fingerprint density at radius 2 is 2.00 bits per heavy atom. The molecule has 0 radical (unpaired) electrons. The maximum absolute atomic E-state index is 13.4. The average Bonchev–Trinajstić information content (AvgIpc) is 2.50. The summed E-state index contributed by atoms with van der Waals surface area (Å²) in [6, 6.07) is 10.5. The normalized spacial score (nSPS) is 10.6. The second-order valence-electron chi connectivity index (χ2n) is 4.67. The van der Waals surface area contributed by atoms with Crippen molar-refractivity contribution in [3.8, 4) is 5.75 Å². The largest absolute Gasteiger partial charge is 0.494 e. The minimum atomic E-state index is -0.397. The van der Waals surface area contributed by atoms with E-state index in [0.29, 0.717) is 11.5 Å². The minimum absolute atomic E-state index is 0.189. The van der Waals surface area contributed by atoms with Crippen molar-refractivity contribution in [3.05, 3.63) is 54.1 Å². The van der Waals surface area contributed by atoms with E-state index in [1.807, 2.05) is 25.1 Å². The van der Waals surface area contributed by atoms with Crippen molar-refractivity contribution in [1.29, 1.82) is 0 Å². The number of benzene rings is 2. The monoisotopic (exact) mass is 283 g/mol. The van der Waals surface area contributed by atoms with Crippen molar-refractivity contribution < 1.29 is 9.13 Å². The predicted molar refractivity (Wildman–Crippen MR) is 80.5 cm³/mol.